The molecule has 1 heterocycles. The lowest BCUT2D eigenvalue weighted by molar-refractivity contribution is -0.119. The molecule has 3 atom stereocenters. The number of nitrogens with zero attached hydrogens (tertiary/aromatic N) is 4. The molecular formula is C23H24N6O2. The monoisotopic (exact) mass is 416 g/mol. The normalized spacial score (nSPS) is 24.8. The van der Waals surface area contributed by atoms with Crippen molar-refractivity contribution in [2.45, 2.75) is 25.8 Å². The molecule has 0 spiro atoms. The molecule has 3 N–H and O–H groups in total. The molecular weight excluding hydrogens is 392 g/mol. The van der Waals surface area contributed by atoms with Crippen LogP contribution in [-0.4, -0.2) is 42.3 Å². The SMILES string of the molecule is CC(C)N1CC=C2[C@H](C1)[C@@H](c1ccc(OCC(N)=O)cc1)[C@H](C#N)C(=N)C2(C#N)C#N. The molecule has 1 aromatic rings. The number of carbonyl (C=O) groups is 1. The number of nitrogens with two attached hydrogens (primary N) is 1. The Labute approximate surface area is 181 Å². The van der Waals surface area contributed by atoms with E-state index >= 15 is 0 Å². The number of benzene rings is 1. The maximum absolute atomic E-state index is 10.9. The highest BCUT2D eigenvalue weighted by Crippen LogP contribution is 2.52. The molecule has 8 heteroatoms. The Kier molecular flexibility index (Phi) is 6.11. The number of fused-ring (bicyclic) bond motifs is 1. The van der Waals surface area contributed by atoms with Crippen LogP contribution < -0.4 is 10.5 Å². The van der Waals surface area contributed by atoms with E-state index in [1.807, 2.05) is 18.2 Å². The summed E-state index contributed by atoms with van der Waals surface area (Å²) in [5.41, 5.74) is 4.66. The van der Waals surface area contributed by atoms with Crippen LogP contribution in [0.5, 0.6) is 5.75 Å². The van der Waals surface area contributed by atoms with E-state index < -0.39 is 17.2 Å². The van der Waals surface area contributed by atoms with E-state index in [2.05, 4.69) is 24.8 Å². The number of rotatable bonds is 5. The van der Waals surface area contributed by atoms with Crippen molar-refractivity contribution >= 4 is 11.6 Å². The zero-order chi connectivity index (χ0) is 22.8. The molecule has 0 unspecified atom stereocenters. The summed E-state index contributed by atoms with van der Waals surface area (Å²) in [6.07, 6.45) is 1.89. The fourth-order valence-electron chi connectivity index (χ4n) is 4.54. The van der Waals surface area contributed by atoms with Gasteiger partial charge < -0.3 is 15.9 Å². The third-order valence-corrected chi connectivity index (χ3v) is 6.17. The number of ether oxygens (including phenoxy) is 1. The average Bonchev–Trinajstić information content (AvgIpc) is 2.77. The Morgan fingerprint density at radius 3 is 2.45 bits per heavy atom. The predicted octanol–water partition coefficient (Wildman–Crippen LogP) is 2.11. The summed E-state index contributed by atoms with van der Waals surface area (Å²) in [6.45, 7) is 5.09. The first-order valence-electron chi connectivity index (χ1n) is 10.1. The first-order valence-corrected chi connectivity index (χ1v) is 10.1. The van der Waals surface area contributed by atoms with Crippen molar-refractivity contribution in [1.82, 2.24) is 4.90 Å². The lowest BCUT2D eigenvalue weighted by Crippen LogP contribution is -2.53. The van der Waals surface area contributed by atoms with Gasteiger partial charge in [-0.3, -0.25) is 9.69 Å². The van der Waals surface area contributed by atoms with E-state index in [-0.39, 0.29) is 30.2 Å². The van der Waals surface area contributed by atoms with E-state index in [4.69, 9.17) is 15.9 Å². The minimum absolute atomic E-state index is 0.167. The van der Waals surface area contributed by atoms with E-state index in [1.54, 1.807) is 24.3 Å². The molecule has 0 radical (unpaired) electrons. The molecule has 1 aliphatic heterocycles. The molecule has 158 valence electrons. The van der Waals surface area contributed by atoms with E-state index in [0.717, 1.165) is 5.56 Å². The minimum Gasteiger partial charge on any atom is -0.484 e. The Bertz CT molecular complexity index is 1020. The number of hydrogen-bond acceptors (Lipinski definition) is 7. The summed E-state index contributed by atoms with van der Waals surface area (Å²) in [4.78, 5) is 13.2. The molecule has 0 bridgehead atoms. The molecule has 2 aliphatic rings. The first-order chi connectivity index (χ1) is 14.8. The largest absolute Gasteiger partial charge is 0.484 e. The number of primary amides is 1. The molecule has 1 fully saturated rings. The minimum atomic E-state index is -1.71. The van der Waals surface area contributed by atoms with Crippen LogP contribution in [-0.2, 0) is 4.79 Å². The van der Waals surface area contributed by atoms with Gasteiger partial charge in [0.2, 0.25) is 5.41 Å². The second-order valence-electron chi connectivity index (χ2n) is 8.16. The van der Waals surface area contributed by atoms with Gasteiger partial charge in [0.15, 0.2) is 6.61 Å². The van der Waals surface area contributed by atoms with Gasteiger partial charge in [0.25, 0.3) is 5.91 Å². The third kappa shape index (κ3) is 3.77. The second kappa shape index (κ2) is 8.60. The molecule has 1 amide bonds. The van der Waals surface area contributed by atoms with Crippen LogP contribution in [0, 0.1) is 56.7 Å². The maximum Gasteiger partial charge on any atom is 0.255 e. The molecule has 0 saturated heterocycles. The van der Waals surface area contributed by atoms with Gasteiger partial charge in [-0.25, -0.2) is 0 Å². The molecule has 1 aromatic carbocycles. The van der Waals surface area contributed by atoms with Crippen LogP contribution in [0.15, 0.2) is 35.9 Å². The highest BCUT2D eigenvalue weighted by atomic mass is 16.5. The summed E-state index contributed by atoms with van der Waals surface area (Å²) in [7, 11) is 0. The topological polar surface area (TPSA) is 151 Å². The van der Waals surface area contributed by atoms with Gasteiger partial charge >= 0.3 is 0 Å². The number of nitrogens with one attached hydrogen (secondary N) is 1. The summed E-state index contributed by atoms with van der Waals surface area (Å²) >= 11 is 0. The van der Waals surface area contributed by atoms with Crippen LogP contribution in [0.1, 0.15) is 25.3 Å². The zero-order valence-electron chi connectivity index (χ0n) is 17.5. The molecule has 3 rings (SSSR count). The smallest absolute Gasteiger partial charge is 0.255 e. The predicted molar refractivity (Wildman–Crippen MR) is 113 cm³/mol. The molecule has 1 aliphatic carbocycles. The van der Waals surface area contributed by atoms with Gasteiger partial charge in [-0.2, -0.15) is 15.8 Å². The number of nitriles is 3. The molecule has 31 heavy (non-hydrogen) atoms. The second-order valence-corrected chi connectivity index (χ2v) is 8.16. The molecule has 0 aromatic heterocycles. The number of hydrogen-bond donors (Lipinski definition) is 2. The lowest BCUT2D eigenvalue weighted by Gasteiger charge is -2.48. The van der Waals surface area contributed by atoms with Gasteiger partial charge in [0, 0.05) is 31.0 Å². The van der Waals surface area contributed by atoms with Crippen LogP contribution in [0.2, 0.25) is 0 Å². The maximum atomic E-state index is 10.9. The average molecular weight is 416 g/mol. The van der Waals surface area contributed by atoms with E-state index in [1.165, 1.54) is 0 Å². The van der Waals surface area contributed by atoms with E-state index in [9.17, 15) is 20.6 Å². The Hall–Kier alpha value is -3.67. The molecule has 8 nitrogen and oxygen atoms in total. The summed E-state index contributed by atoms with van der Waals surface area (Å²) in [5.74, 6) is -1.67. The van der Waals surface area contributed by atoms with Gasteiger partial charge in [0.1, 0.15) is 5.75 Å². The van der Waals surface area contributed by atoms with Crippen molar-refractivity contribution in [2.75, 3.05) is 19.7 Å². The van der Waals surface area contributed by atoms with Crippen molar-refractivity contribution < 1.29 is 9.53 Å². The van der Waals surface area contributed by atoms with Crippen LogP contribution in [0.4, 0.5) is 0 Å². The van der Waals surface area contributed by atoms with Gasteiger partial charge in [-0.1, -0.05) is 18.2 Å². The Balaban J connectivity index is 2.08. The highest BCUT2D eigenvalue weighted by Gasteiger charge is 2.56. The first kappa shape index (κ1) is 22.0. The van der Waals surface area contributed by atoms with E-state index in [0.29, 0.717) is 24.4 Å². The van der Waals surface area contributed by atoms with Gasteiger partial charge in [-0.15, -0.1) is 0 Å². The zero-order valence-corrected chi connectivity index (χ0v) is 17.5. The fourth-order valence-corrected chi connectivity index (χ4v) is 4.54. The quantitative estimate of drug-likeness (QED) is 0.702. The third-order valence-electron chi connectivity index (χ3n) is 6.17. The number of amides is 1. The summed E-state index contributed by atoms with van der Waals surface area (Å²) < 4.78 is 5.32. The van der Waals surface area contributed by atoms with Crippen molar-refractivity contribution in [2.24, 2.45) is 23.0 Å². The fraction of sp³-hybridized carbons (Fsp3) is 0.435. The van der Waals surface area contributed by atoms with Crippen LogP contribution >= 0.6 is 0 Å². The van der Waals surface area contributed by atoms with Crippen molar-refractivity contribution in [3.05, 3.63) is 41.5 Å². The van der Waals surface area contributed by atoms with Gasteiger partial charge in [-0.05, 0) is 37.1 Å². The lowest BCUT2D eigenvalue weighted by atomic mass is 9.55. The van der Waals surface area contributed by atoms with Crippen LogP contribution in [0.25, 0.3) is 0 Å². The van der Waals surface area contributed by atoms with Crippen LogP contribution in [0.3, 0.4) is 0 Å². The number of carbonyl (C=O) groups excluding carboxylic acids is 1. The Morgan fingerprint density at radius 2 is 1.94 bits per heavy atom. The summed E-state index contributed by atoms with van der Waals surface area (Å²) in [6, 6.07) is 13.5. The standard InChI is InChI=1S/C23H24N6O2/c1-14(2)29-8-7-19-18(10-29)21(17(9-24)22(28)23(19,12-25)13-26)15-3-5-16(6-4-15)31-11-20(27)30/h3-7,14,17-18,21,28H,8,10-11H2,1-2H3,(H2,27,30)/t17-,18-,21-/m0/s1. The van der Waals surface area contributed by atoms with Crippen molar-refractivity contribution in [3.8, 4) is 24.0 Å². The highest BCUT2D eigenvalue weighted by molar-refractivity contribution is 6.01. The Morgan fingerprint density at radius 1 is 1.29 bits per heavy atom. The van der Waals surface area contributed by atoms with Crippen molar-refractivity contribution in [1.29, 1.82) is 21.2 Å². The summed E-state index contributed by atoms with van der Waals surface area (Å²) in [5, 5.41) is 38.4. The molecule has 1 saturated carbocycles. The van der Waals surface area contributed by atoms with Gasteiger partial charge in [0.05, 0.1) is 29.8 Å². The van der Waals surface area contributed by atoms with Crippen molar-refractivity contribution in [3.63, 3.8) is 0 Å².